The molecule has 0 aliphatic heterocycles. The fraction of sp³-hybridized carbons (Fsp3) is 0.312. The summed E-state index contributed by atoms with van der Waals surface area (Å²) in [5.74, 6) is 0.911. The largest absolute Gasteiger partial charge is 0.494 e. The van der Waals surface area contributed by atoms with Crippen LogP contribution in [-0.2, 0) is 6.54 Å². The van der Waals surface area contributed by atoms with Crippen molar-refractivity contribution in [3.8, 4) is 5.75 Å². The van der Waals surface area contributed by atoms with Gasteiger partial charge in [0.15, 0.2) is 0 Å². The zero-order valence-corrected chi connectivity index (χ0v) is 11.5. The van der Waals surface area contributed by atoms with Crippen LogP contribution in [0.25, 0.3) is 0 Å². The number of aryl methyl sites for hydroxylation is 1. The van der Waals surface area contributed by atoms with Crippen LogP contribution in [0.5, 0.6) is 5.75 Å². The van der Waals surface area contributed by atoms with Crippen LogP contribution in [0.15, 0.2) is 42.6 Å². The Bertz CT molecular complexity index is 508. The van der Waals surface area contributed by atoms with Crippen molar-refractivity contribution in [3.05, 3.63) is 53.9 Å². The summed E-state index contributed by atoms with van der Waals surface area (Å²) in [4.78, 5) is 4.28. The molecule has 19 heavy (non-hydrogen) atoms. The Morgan fingerprint density at radius 3 is 2.84 bits per heavy atom. The summed E-state index contributed by atoms with van der Waals surface area (Å²) >= 11 is 0. The van der Waals surface area contributed by atoms with Gasteiger partial charge in [0.25, 0.3) is 0 Å². The molecule has 0 saturated heterocycles. The third kappa shape index (κ3) is 4.28. The van der Waals surface area contributed by atoms with Gasteiger partial charge in [0.1, 0.15) is 5.75 Å². The first-order chi connectivity index (χ1) is 9.28. The minimum absolute atomic E-state index is 0.755. The van der Waals surface area contributed by atoms with Gasteiger partial charge in [-0.1, -0.05) is 19.1 Å². The van der Waals surface area contributed by atoms with Gasteiger partial charge in [0.2, 0.25) is 0 Å². The van der Waals surface area contributed by atoms with Crippen molar-refractivity contribution >= 4 is 5.69 Å². The van der Waals surface area contributed by atoms with Crippen molar-refractivity contribution in [2.75, 3.05) is 11.9 Å². The van der Waals surface area contributed by atoms with E-state index in [-0.39, 0.29) is 0 Å². The van der Waals surface area contributed by atoms with Gasteiger partial charge in [-0.05, 0) is 37.1 Å². The topological polar surface area (TPSA) is 34.1 Å². The monoisotopic (exact) mass is 256 g/mol. The highest BCUT2D eigenvalue weighted by molar-refractivity contribution is 5.48. The highest BCUT2D eigenvalue weighted by Gasteiger charge is 1.97. The molecule has 1 aromatic heterocycles. The average molecular weight is 256 g/mol. The van der Waals surface area contributed by atoms with Gasteiger partial charge < -0.3 is 10.1 Å². The number of nitrogens with one attached hydrogen (secondary N) is 1. The van der Waals surface area contributed by atoms with Crippen LogP contribution in [0.4, 0.5) is 5.69 Å². The van der Waals surface area contributed by atoms with Crippen LogP contribution in [-0.4, -0.2) is 11.6 Å². The van der Waals surface area contributed by atoms with Gasteiger partial charge in [-0.2, -0.15) is 0 Å². The lowest BCUT2D eigenvalue weighted by Crippen LogP contribution is -2.01. The second-order valence-electron chi connectivity index (χ2n) is 4.54. The molecule has 1 heterocycles. The Morgan fingerprint density at radius 1 is 1.21 bits per heavy atom. The van der Waals surface area contributed by atoms with Crippen molar-refractivity contribution in [1.82, 2.24) is 4.98 Å². The van der Waals surface area contributed by atoms with Crippen molar-refractivity contribution in [1.29, 1.82) is 0 Å². The maximum atomic E-state index is 5.61. The highest BCUT2D eigenvalue weighted by Crippen LogP contribution is 2.18. The molecule has 3 nitrogen and oxygen atoms in total. The second kappa shape index (κ2) is 6.78. The van der Waals surface area contributed by atoms with Gasteiger partial charge >= 0.3 is 0 Å². The van der Waals surface area contributed by atoms with Crippen molar-refractivity contribution < 1.29 is 4.74 Å². The normalized spacial score (nSPS) is 10.2. The summed E-state index contributed by atoms with van der Waals surface area (Å²) < 4.78 is 5.61. The molecule has 3 heteroatoms. The predicted octanol–water partition coefficient (Wildman–Crippen LogP) is 3.79. The number of rotatable bonds is 6. The second-order valence-corrected chi connectivity index (χ2v) is 4.54. The molecule has 0 bridgehead atoms. The highest BCUT2D eigenvalue weighted by atomic mass is 16.5. The summed E-state index contributed by atoms with van der Waals surface area (Å²) in [5, 5.41) is 3.38. The number of anilines is 1. The molecule has 0 unspecified atom stereocenters. The van der Waals surface area contributed by atoms with Crippen LogP contribution in [0.3, 0.4) is 0 Å². The molecule has 1 N–H and O–H groups in total. The number of nitrogens with zero attached hydrogens (tertiary/aromatic N) is 1. The number of benzene rings is 1. The lowest BCUT2D eigenvalue weighted by Gasteiger charge is -2.09. The van der Waals surface area contributed by atoms with E-state index < -0.39 is 0 Å². The van der Waals surface area contributed by atoms with E-state index in [0.29, 0.717) is 0 Å². The minimum atomic E-state index is 0.755. The molecule has 0 amide bonds. The number of hydrogen-bond acceptors (Lipinski definition) is 3. The molecule has 0 aliphatic rings. The third-order valence-corrected chi connectivity index (χ3v) is 2.78. The number of pyridine rings is 1. The molecule has 1 aromatic carbocycles. The summed E-state index contributed by atoms with van der Waals surface area (Å²) in [7, 11) is 0. The van der Waals surface area contributed by atoms with E-state index in [1.54, 1.807) is 0 Å². The van der Waals surface area contributed by atoms with E-state index >= 15 is 0 Å². The van der Waals surface area contributed by atoms with E-state index in [0.717, 1.165) is 36.7 Å². The number of hydrogen-bond donors (Lipinski definition) is 1. The lowest BCUT2D eigenvalue weighted by atomic mass is 10.2. The van der Waals surface area contributed by atoms with Crippen LogP contribution in [0.1, 0.15) is 24.6 Å². The van der Waals surface area contributed by atoms with Crippen molar-refractivity contribution in [3.63, 3.8) is 0 Å². The van der Waals surface area contributed by atoms with E-state index in [9.17, 15) is 0 Å². The molecule has 0 spiro atoms. The van der Waals surface area contributed by atoms with Crippen LogP contribution >= 0.6 is 0 Å². The molecular weight excluding hydrogens is 236 g/mol. The first kappa shape index (κ1) is 13.4. The Kier molecular flexibility index (Phi) is 4.78. The fourth-order valence-electron chi connectivity index (χ4n) is 1.72. The van der Waals surface area contributed by atoms with Crippen LogP contribution in [0.2, 0.25) is 0 Å². The molecule has 0 fully saturated rings. The van der Waals surface area contributed by atoms with E-state index in [4.69, 9.17) is 4.74 Å². The molecule has 0 radical (unpaired) electrons. The number of aromatic nitrogens is 1. The maximum absolute atomic E-state index is 5.61. The Hall–Kier alpha value is -2.03. The zero-order valence-electron chi connectivity index (χ0n) is 11.5. The van der Waals surface area contributed by atoms with Gasteiger partial charge in [-0.3, -0.25) is 4.98 Å². The molecular formula is C16H20N2O. The van der Waals surface area contributed by atoms with Gasteiger partial charge in [-0.25, -0.2) is 0 Å². The van der Waals surface area contributed by atoms with Gasteiger partial charge in [0.05, 0.1) is 6.61 Å². The van der Waals surface area contributed by atoms with E-state index in [1.807, 2.05) is 43.5 Å². The van der Waals surface area contributed by atoms with Crippen molar-refractivity contribution in [2.24, 2.45) is 0 Å². The quantitative estimate of drug-likeness (QED) is 0.853. The summed E-state index contributed by atoms with van der Waals surface area (Å²) in [5.41, 5.74) is 3.28. The minimum Gasteiger partial charge on any atom is -0.494 e. The van der Waals surface area contributed by atoms with Crippen LogP contribution in [0, 0.1) is 6.92 Å². The van der Waals surface area contributed by atoms with Gasteiger partial charge in [-0.15, -0.1) is 0 Å². The molecule has 0 aliphatic carbocycles. The zero-order chi connectivity index (χ0) is 13.5. The molecule has 2 rings (SSSR count). The Balaban J connectivity index is 1.93. The van der Waals surface area contributed by atoms with Crippen molar-refractivity contribution in [2.45, 2.75) is 26.8 Å². The number of ether oxygens (including phenoxy) is 1. The average Bonchev–Trinajstić information content (AvgIpc) is 2.45. The summed E-state index contributed by atoms with van der Waals surface area (Å²) in [6, 6.07) is 12.2. The van der Waals surface area contributed by atoms with Crippen LogP contribution < -0.4 is 10.1 Å². The Labute approximate surface area is 114 Å². The van der Waals surface area contributed by atoms with E-state index in [1.165, 1.54) is 5.56 Å². The fourth-order valence-corrected chi connectivity index (χ4v) is 1.72. The first-order valence-corrected chi connectivity index (χ1v) is 6.66. The Morgan fingerprint density at radius 2 is 2.11 bits per heavy atom. The molecule has 0 saturated carbocycles. The maximum Gasteiger partial charge on any atom is 0.121 e. The SMILES string of the molecule is CCCOc1cccc(NCc2ccc(C)nc2)c1. The lowest BCUT2D eigenvalue weighted by molar-refractivity contribution is 0.317. The smallest absolute Gasteiger partial charge is 0.121 e. The standard InChI is InChI=1S/C16H20N2O/c1-3-9-19-16-6-4-5-15(10-16)18-12-14-8-7-13(2)17-11-14/h4-8,10-11,18H,3,9,12H2,1-2H3. The summed E-state index contributed by atoms with van der Waals surface area (Å²) in [6.45, 7) is 5.62. The molecule has 2 aromatic rings. The van der Waals surface area contributed by atoms with E-state index in [2.05, 4.69) is 23.3 Å². The summed E-state index contributed by atoms with van der Waals surface area (Å²) in [6.07, 6.45) is 2.92. The first-order valence-electron chi connectivity index (χ1n) is 6.66. The molecule has 0 atom stereocenters. The van der Waals surface area contributed by atoms with Gasteiger partial charge in [0, 0.05) is 30.2 Å². The molecule has 100 valence electrons. The third-order valence-electron chi connectivity index (χ3n) is 2.78. The predicted molar refractivity (Wildman–Crippen MR) is 78.5 cm³/mol.